The lowest BCUT2D eigenvalue weighted by molar-refractivity contribution is 0.0282. The molecule has 0 spiro atoms. The molecule has 2 atom stereocenters. The van der Waals surface area contributed by atoms with Crippen molar-refractivity contribution in [2.45, 2.75) is 52.1 Å². The normalized spacial score (nSPS) is 36.4. The summed E-state index contributed by atoms with van der Waals surface area (Å²) in [5, 5.41) is 0. The molecule has 2 fully saturated rings. The predicted molar refractivity (Wildman–Crippen MR) is 62.6 cm³/mol. The first kappa shape index (κ1) is 11.4. The number of nitrogens with two attached hydrogens (primary N) is 1. The molecule has 2 unspecified atom stereocenters. The number of hydrogen-bond donors (Lipinski definition) is 1. The lowest BCUT2D eigenvalue weighted by Crippen LogP contribution is -2.39. The Balaban J connectivity index is 1.98. The highest BCUT2D eigenvalue weighted by Gasteiger charge is 2.49. The largest absolute Gasteiger partial charge is 0.377 e. The van der Waals surface area contributed by atoms with Gasteiger partial charge < -0.3 is 10.5 Å². The fourth-order valence-corrected chi connectivity index (χ4v) is 2.91. The maximum Gasteiger partial charge on any atom is 0.0672 e. The zero-order valence-corrected chi connectivity index (χ0v) is 10.2. The van der Waals surface area contributed by atoms with Crippen molar-refractivity contribution in [1.29, 1.82) is 0 Å². The fourth-order valence-electron chi connectivity index (χ4n) is 2.91. The van der Waals surface area contributed by atoms with Gasteiger partial charge in [-0.05, 0) is 37.5 Å². The molecule has 0 aromatic rings. The van der Waals surface area contributed by atoms with Gasteiger partial charge in [0.1, 0.15) is 0 Å². The number of ether oxygens (including phenoxy) is 1. The van der Waals surface area contributed by atoms with Crippen molar-refractivity contribution in [2.24, 2.45) is 23.0 Å². The summed E-state index contributed by atoms with van der Waals surface area (Å²) in [6, 6.07) is 0. The summed E-state index contributed by atoms with van der Waals surface area (Å²) in [5.74, 6) is 1.62. The number of rotatable bonds is 5. The second kappa shape index (κ2) is 4.42. The van der Waals surface area contributed by atoms with Gasteiger partial charge in [-0.25, -0.2) is 0 Å². The molecule has 0 bridgehead atoms. The van der Waals surface area contributed by atoms with E-state index in [4.69, 9.17) is 10.5 Å². The third-order valence-corrected chi connectivity index (χ3v) is 4.18. The molecule has 88 valence electrons. The van der Waals surface area contributed by atoms with Gasteiger partial charge in [-0.15, -0.1) is 0 Å². The van der Waals surface area contributed by atoms with Gasteiger partial charge in [-0.1, -0.05) is 20.3 Å². The van der Waals surface area contributed by atoms with Gasteiger partial charge in [-0.2, -0.15) is 0 Å². The molecule has 0 aromatic carbocycles. The highest BCUT2D eigenvalue weighted by atomic mass is 16.5. The second-order valence-corrected chi connectivity index (χ2v) is 5.88. The Morgan fingerprint density at radius 3 is 2.67 bits per heavy atom. The Hall–Kier alpha value is -0.0800. The Morgan fingerprint density at radius 2 is 2.13 bits per heavy atom. The van der Waals surface area contributed by atoms with Crippen LogP contribution < -0.4 is 5.73 Å². The summed E-state index contributed by atoms with van der Waals surface area (Å²) >= 11 is 0. The van der Waals surface area contributed by atoms with Gasteiger partial charge >= 0.3 is 0 Å². The van der Waals surface area contributed by atoms with Crippen LogP contribution in [0.2, 0.25) is 0 Å². The first-order chi connectivity index (χ1) is 7.18. The quantitative estimate of drug-likeness (QED) is 0.758. The molecule has 1 aliphatic heterocycles. The zero-order chi connectivity index (χ0) is 10.9. The maximum absolute atomic E-state index is 6.03. The van der Waals surface area contributed by atoms with Crippen LogP contribution in [0, 0.1) is 17.3 Å². The van der Waals surface area contributed by atoms with Gasteiger partial charge in [0.2, 0.25) is 0 Å². The lowest BCUT2D eigenvalue weighted by Gasteiger charge is -2.33. The van der Waals surface area contributed by atoms with Crippen LogP contribution in [-0.2, 0) is 4.74 Å². The van der Waals surface area contributed by atoms with Crippen LogP contribution in [0.5, 0.6) is 0 Å². The van der Waals surface area contributed by atoms with Crippen molar-refractivity contribution in [1.82, 2.24) is 0 Å². The minimum Gasteiger partial charge on any atom is -0.377 e. The molecule has 1 saturated carbocycles. The van der Waals surface area contributed by atoms with Crippen LogP contribution in [0.3, 0.4) is 0 Å². The Bertz CT molecular complexity index is 213. The van der Waals surface area contributed by atoms with Crippen molar-refractivity contribution in [3.05, 3.63) is 0 Å². The van der Waals surface area contributed by atoms with Gasteiger partial charge in [0, 0.05) is 18.6 Å². The van der Waals surface area contributed by atoms with Gasteiger partial charge in [0.15, 0.2) is 0 Å². The van der Waals surface area contributed by atoms with E-state index >= 15 is 0 Å². The van der Waals surface area contributed by atoms with Crippen LogP contribution in [0.1, 0.15) is 46.0 Å². The van der Waals surface area contributed by atoms with E-state index in [2.05, 4.69) is 13.8 Å². The van der Waals surface area contributed by atoms with Crippen LogP contribution in [0.4, 0.5) is 0 Å². The average Bonchev–Trinajstić information content (AvgIpc) is 2.97. The van der Waals surface area contributed by atoms with E-state index in [0.717, 1.165) is 25.0 Å². The highest BCUT2D eigenvalue weighted by molar-refractivity contribution is 5.00. The molecule has 1 aliphatic carbocycles. The lowest BCUT2D eigenvalue weighted by atomic mass is 9.74. The Kier molecular flexibility index (Phi) is 3.36. The number of hydrogen-bond acceptors (Lipinski definition) is 2. The predicted octanol–water partition coefficient (Wildman–Crippen LogP) is 2.57. The standard InChI is InChI=1S/C13H25NO/c1-10(2)5-6-13(9-14)7-8-15-12(13)11-3-4-11/h10-12H,3-9,14H2,1-2H3. The van der Waals surface area contributed by atoms with Crippen LogP contribution in [-0.4, -0.2) is 19.3 Å². The van der Waals surface area contributed by atoms with Gasteiger partial charge in [-0.3, -0.25) is 0 Å². The van der Waals surface area contributed by atoms with E-state index in [1.54, 1.807) is 0 Å². The summed E-state index contributed by atoms with van der Waals surface area (Å²) in [6.07, 6.45) is 6.98. The smallest absolute Gasteiger partial charge is 0.0672 e. The minimum atomic E-state index is 0.325. The van der Waals surface area contributed by atoms with E-state index < -0.39 is 0 Å². The van der Waals surface area contributed by atoms with E-state index in [9.17, 15) is 0 Å². The van der Waals surface area contributed by atoms with E-state index in [1.165, 1.54) is 32.1 Å². The molecule has 1 heterocycles. The molecular formula is C13H25NO. The van der Waals surface area contributed by atoms with Gasteiger partial charge in [0.25, 0.3) is 0 Å². The Morgan fingerprint density at radius 1 is 1.40 bits per heavy atom. The summed E-state index contributed by atoms with van der Waals surface area (Å²) < 4.78 is 5.94. The van der Waals surface area contributed by atoms with E-state index in [0.29, 0.717) is 11.5 Å². The minimum absolute atomic E-state index is 0.325. The molecule has 2 N–H and O–H groups in total. The summed E-state index contributed by atoms with van der Waals surface area (Å²) in [6.45, 7) is 6.36. The van der Waals surface area contributed by atoms with E-state index in [-0.39, 0.29) is 0 Å². The molecule has 15 heavy (non-hydrogen) atoms. The summed E-state index contributed by atoms with van der Waals surface area (Å²) in [7, 11) is 0. The third-order valence-electron chi connectivity index (χ3n) is 4.18. The monoisotopic (exact) mass is 211 g/mol. The van der Waals surface area contributed by atoms with Crippen LogP contribution in [0.15, 0.2) is 0 Å². The molecular weight excluding hydrogens is 186 g/mol. The second-order valence-electron chi connectivity index (χ2n) is 5.88. The molecule has 1 saturated heterocycles. The summed E-state index contributed by atoms with van der Waals surface area (Å²) in [5.41, 5.74) is 6.36. The molecule has 2 heteroatoms. The maximum atomic E-state index is 6.03. The molecule has 0 aromatic heterocycles. The molecule has 2 rings (SSSR count). The van der Waals surface area contributed by atoms with E-state index in [1.807, 2.05) is 0 Å². The first-order valence-corrected chi connectivity index (χ1v) is 6.49. The third kappa shape index (κ3) is 2.36. The van der Waals surface area contributed by atoms with Crippen molar-refractivity contribution in [2.75, 3.05) is 13.2 Å². The summed E-state index contributed by atoms with van der Waals surface area (Å²) in [4.78, 5) is 0. The van der Waals surface area contributed by atoms with Crippen molar-refractivity contribution in [3.63, 3.8) is 0 Å². The Labute approximate surface area is 93.6 Å². The van der Waals surface area contributed by atoms with Crippen LogP contribution in [0.25, 0.3) is 0 Å². The van der Waals surface area contributed by atoms with Crippen molar-refractivity contribution in [3.8, 4) is 0 Å². The molecule has 2 aliphatic rings. The average molecular weight is 211 g/mol. The highest BCUT2D eigenvalue weighted by Crippen LogP contribution is 2.49. The first-order valence-electron chi connectivity index (χ1n) is 6.49. The fraction of sp³-hybridized carbons (Fsp3) is 1.00. The van der Waals surface area contributed by atoms with Crippen LogP contribution >= 0.6 is 0 Å². The van der Waals surface area contributed by atoms with Gasteiger partial charge in [0.05, 0.1) is 6.10 Å². The van der Waals surface area contributed by atoms with Crippen molar-refractivity contribution < 1.29 is 4.74 Å². The topological polar surface area (TPSA) is 35.2 Å². The van der Waals surface area contributed by atoms with Crippen molar-refractivity contribution >= 4 is 0 Å². The SMILES string of the molecule is CC(C)CCC1(CN)CCOC1C1CC1. The zero-order valence-electron chi connectivity index (χ0n) is 10.2. The molecule has 0 radical (unpaired) electrons. The molecule has 0 amide bonds. The molecule has 2 nitrogen and oxygen atoms in total.